The number of thiophene rings is 1. The molecule has 0 unspecified atom stereocenters. The van der Waals surface area contributed by atoms with Gasteiger partial charge in [0.25, 0.3) is 5.91 Å². The number of carbonyl (C=O) groups is 1. The number of aryl methyl sites for hydroxylation is 2. The van der Waals surface area contributed by atoms with E-state index in [4.69, 9.17) is 4.74 Å². The molecule has 1 aliphatic rings. The Morgan fingerprint density at radius 2 is 1.94 bits per heavy atom. The van der Waals surface area contributed by atoms with Crippen LogP contribution in [-0.4, -0.2) is 17.6 Å². The minimum atomic E-state index is -0.424. The van der Waals surface area contributed by atoms with Gasteiger partial charge in [0.15, 0.2) is 0 Å². The lowest BCUT2D eigenvalue weighted by molar-refractivity contribution is -0.117. The van der Waals surface area contributed by atoms with Crippen molar-refractivity contribution in [3.05, 3.63) is 74.4 Å². The highest BCUT2D eigenvalue weighted by Gasteiger charge is 2.24. The Labute approximate surface area is 203 Å². The smallest absolute Gasteiger partial charge is 0.262 e. The van der Waals surface area contributed by atoms with Crippen LogP contribution in [0.25, 0.3) is 11.1 Å². The van der Waals surface area contributed by atoms with Crippen LogP contribution in [0.3, 0.4) is 0 Å². The number of carbonyl (C=O) groups excluding carboxylic acids is 1. The van der Waals surface area contributed by atoms with Gasteiger partial charge in [0, 0.05) is 22.8 Å². The molecule has 172 valence electrons. The molecule has 7 heteroatoms. The Hall–Kier alpha value is -3.81. The third kappa shape index (κ3) is 4.48. The maximum Gasteiger partial charge on any atom is 0.262 e. The van der Waals surface area contributed by atoms with Crippen molar-refractivity contribution in [3.63, 3.8) is 0 Å². The number of ether oxygens (including phenoxy) is 1. The fraction of sp³-hybridized carbons (Fsp3) is 0.296. The van der Waals surface area contributed by atoms with Crippen LogP contribution >= 0.6 is 11.3 Å². The number of nitriles is 2. The first-order valence-electron chi connectivity index (χ1n) is 11.2. The topological polar surface area (TPSA) is 90.8 Å². The molecule has 4 rings (SSSR count). The Morgan fingerprint density at radius 1 is 1.21 bits per heavy atom. The highest BCUT2D eigenvalue weighted by atomic mass is 32.1. The van der Waals surface area contributed by atoms with Crippen LogP contribution in [0.15, 0.2) is 35.9 Å². The van der Waals surface area contributed by atoms with Crippen molar-refractivity contribution in [3.8, 4) is 22.9 Å². The summed E-state index contributed by atoms with van der Waals surface area (Å²) in [5, 5.41) is 23.3. The summed E-state index contributed by atoms with van der Waals surface area (Å²) in [7, 11) is 1.60. The number of rotatable bonds is 6. The van der Waals surface area contributed by atoms with E-state index in [1.54, 1.807) is 24.5 Å². The minimum Gasteiger partial charge on any atom is -0.497 e. The number of benzene rings is 1. The molecular formula is C27H26N4O2S. The van der Waals surface area contributed by atoms with Gasteiger partial charge in [-0.1, -0.05) is 12.1 Å². The summed E-state index contributed by atoms with van der Waals surface area (Å²) in [5.41, 5.74) is 5.57. The summed E-state index contributed by atoms with van der Waals surface area (Å²) in [5.74, 6) is 0.321. The maximum absolute atomic E-state index is 12.7. The molecule has 3 aromatic rings. The van der Waals surface area contributed by atoms with Crippen LogP contribution in [0.5, 0.6) is 5.75 Å². The summed E-state index contributed by atoms with van der Waals surface area (Å²) in [6, 6.07) is 13.8. The average molecular weight is 471 g/mol. The van der Waals surface area contributed by atoms with Crippen molar-refractivity contribution in [2.45, 2.75) is 46.1 Å². The number of fused-ring (bicyclic) bond motifs is 1. The molecule has 1 aliphatic carbocycles. The molecule has 0 saturated carbocycles. The molecule has 2 heterocycles. The van der Waals surface area contributed by atoms with E-state index in [9.17, 15) is 15.3 Å². The van der Waals surface area contributed by atoms with Crippen molar-refractivity contribution in [2.24, 2.45) is 0 Å². The van der Waals surface area contributed by atoms with Gasteiger partial charge in [-0.05, 0) is 80.5 Å². The van der Waals surface area contributed by atoms with Gasteiger partial charge >= 0.3 is 0 Å². The fourth-order valence-corrected chi connectivity index (χ4v) is 5.85. The second kappa shape index (κ2) is 9.99. The Morgan fingerprint density at radius 3 is 2.62 bits per heavy atom. The van der Waals surface area contributed by atoms with Crippen molar-refractivity contribution in [2.75, 3.05) is 7.11 Å². The average Bonchev–Trinajstić information content (AvgIpc) is 3.36. The molecule has 1 aromatic carbocycles. The second-order valence-corrected chi connectivity index (χ2v) is 9.45. The number of nitrogens with one attached hydrogen (secondary N) is 1. The maximum atomic E-state index is 12.7. The number of amides is 1. The van der Waals surface area contributed by atoms with Gasteiger partial charge in [-0.15, -0.1) is 11.3 Å². The first-order valence-corrected chi connectivity index (χ1v) is 12.0. The third-order valence-electron chi connectivity index (χ3n) is 6.21. The predicted molar refractivity (Wildman–Crippen MR) is 133 cm³/mol. The van der Waals surface area contributed by atoms with Crippen LogP contribution in [-0.2, 0) is 24.2 Å². The van der Waals surface area contributed by atoms with Crippen LogP contribution < -0.4 is 10.1 Å². The fourth-order valence-electron chi connectivity index (χ4n) is 4.40. The summed E-state index contributed by atoms with van der Waals surface area (Å²) in [6.45, 7) is 4.26. The second-order valence-electron chi connectivity index (χ2n) is 8.37. The van der Waals surface area contributed by atoms with E-state index in [0.29, 0.717) is 6.54 Å². The van der Waals surface area contributed by atoms with Gasteiger partial charge in [-0.3, -0.25) is 4.79 Å². The van der Waals surface area contributed by atoms with Crippen LogP contribution in [0.4, 0.5) is 0 Å². The Bertz CT molecular complexity index is 1350. The highest BCUT2D eigenvalue weighted by molar-refractivity contribution is 7.15. The molecule has 0 radical (unpaired) electrons. The Kier molecular flexibility index (Phi) is 6.86. The first kappa shape index (κ1) is 23.4. The van der Waals surface area contributed by atoms with Crippen molar-refractivity contribution >= 4 is 23.3 Å². The van der Waals surface area contributed by atoms with E-state index in [1.165, 1.54) is 10.4 Å². The van der Waals surface area contributed by atoms with Gasteiger partial charge < -0.3 is 14.6 Å². The quantitative estimate of drug-likeness (QED) is 0.399. The zero-order valence-electron chi connectivity index (χ0n) is 19.6. The van der Waals surface area contributed by atoms with Crippen LogP contribution in [0.2, 0.25) is 0 Å². The summed E-state index contributed by atoms with van der Waals surface area (Å²) in [4.78, 5) is 14.0. The van der Waals surface area contributed by atoms with Crippen molar-refractivity contribution in [1.82, 2.24) is 9.88 Å². The van der Waals surface area contributed by atoms with Gasteiger partial charge in [0.2, 0.25) is 0 Å². The molecule has 0 atom stereocenters. The number of hydrogen-bond acceptors (Lipinski definition) is 5. The number of methoxy groups -OCH3 is 1. The minimum absolute atomic E-state index is 0.0414. The molecule has 1 amide bonds. The highest BCUT2D eigenvalue weighted by Crippen LogP contribution is 2.38. The monoisotopic (exact) mass is 470 g/mol. The molecule has 0 bridgehead atoms. The van der Waals surface area contributed by atoms with Crippen molar-refractivity contribution < 1.29 is 9.53 Å². The SMILES string of the molecule is COc1ccc(CNC(=O)/C(C#N)=C\c2cc(C)n(-c3sc4c(c3C#N)CCCC4)c2C)cc1. The molecule has 2 aromatic heterocycles. The van der Waals surface area contributed by atoms with Gasteiger partial charge in [-0.25, -0.2) is 0 Å². The largest absolute Gasteiger partial charge is 0.497 e. The van der Waals surface area contributed by atoms with E-state index < -0.39 is 5.91 Å². The van der Waals surface area contributed by atoms with E-state index >= 15 is 0 Å². The summed E-state index contributed by atoms with van der Waals surface area (Å²) >= 11 is 1.69. The molecule has 0 spiro atoms. The van der Waals surface area contributed by atoms with Gasteiger partial charge in [0.1, 0.15) is 28.5 Å². The van der Waals surface area contributed by atoms with Crippen LogP contribution in [0.1, 0.15) is 51.4 Å². The lowest BCUT2D eigenvalue weighted by Gasteiger charge is -2.10. The van der Waals surface area contributed by atoms with Crippen molar-refractivity contribution in [1.29, 1.82) is 10.5 Å². The molecule has 1 N–H and O–H groups in total. The normalized spacial score (nSPS) is 13.0. The van der Waals surface area contributed by atoms with Gasteiger partial charge in [-0.2, -0.15) is 10.5 Å². The van der Waals surface area contributed by atoms with E-state index in [0.717, 1.165) is 64.5 Å². The van der Waals surface area contributed by atoms with Crippen LogP contribution in [0, 0.1) is 36.5 Å². The lowest BCUT2D eigenvalue weighted by atomic mass is 9.96. The van der Waals surface area contributed by atoms with E-state index in [-0.39, 0.29) is 5.57 Å². The van der Waals surface area contributed by atoms with E-state index in [2.05, 4.69) is 16.0 Å². The van der Waals surface area contributed by atoms with E-state index in [1.807, 2.05) is 50.2 Å². The lowest BCUT2D eigenvalue weighted by Crippen LogP contribution is -2.23. The molecule has 34 heavy (non-hydrogen) atoms. The zero-order chi connectivity index (χ0) is 24.2. The standard InChI is InChI=1S/C27H26N4O2S/c1-17-12-20(13-21(14-28)26(32)30-16-19-8-10-22(33-3)11-9-19)18(2)31(17)27-24(15-29)23-6-4-5-7-25(23)34-27/h8-13H,4-7,16H2,1-3H3,(H,30,32)/b21-13-. The molecular weight excluding hydrogens is 444 g/mol. The zero-order valence-corrected chi connectivity index (χ0v) is 20.4. The Balaban J connectivity index is 1.60. The first-order chi connectivity index (χ1) is 16.5. The molecule has 0 aliphatic heterocycles. The summed E-state index contributed by atoms with van der Waals surface area (Å²) < 4.78 is 7.23. The molecule has 0 fully saturated rings. The summed E-state index contributed by atoms with van der Waals surface area (Å²) in [6.07, 6.45) is 5.88. The predicted octanol–water partition coefficient (Wildman–Crippen LogP) is 5.14. The number of aromatic nitrogens is 1. The van der Waals surface area contributed by atoms with Gasteiger partial charge in [0.05, 0.1) is 12.7 Å². The molecule has 6 nitrogen and oxygen atoms in total. The number of nitrogens with zero attached hydrogens (tertiary/aromatic N) is 3. The molecule has 0 saturated heterocycles. The number of hydrogen-bond donors (Lipinski definition) is 1. The third-order valence-corrected chi connectivity index (χ3v) is 7.49.